The Hall–Kier alpha value is -2.22. The normalized spacial score (nSPS) is 18.3. The highest BCUT2D eigenvalue weighted by molar-refractivity contribution is 5.79. The quantitative estimate of drug-likeness (QED) is 0.595. The zero-order valence-electron chi connectivity index (χ0n) is 11.7. The van der Waals surface area contributed by atoms with Crippen LogP contribution < -0.4 is 16.0 Å². The third kappa shape index (κ3) is 3.88. The molecule has 0 aromatic carbocycles. The highest BCUT2D eigenvalue weighted by Crippen LogP contribution is 2.23. The van der Waals surface area contributed by atoms with E-state index in [9.17, 15) is 14.9 Å². The Morgan fingerprint density at radius 1 is 1.57 bits per heavy atom. The van der Waals surface area contributed by atoms with Crippen molar-refractivity contribution in [2.24, 2.45) is 11.7 Å². The number of piperidine rings is 1. The third-order valence-electron chi connectivity index (χ3n) is 3.52. The van der Waals surface area contributed by atoms with E-state index in [-0.39, 0.29) is 17.6 Å². The Morgan fingerprint density at radius 3 is 3.00 bits per heavy atom. The minimum Gasteiger partial charge on any atom is -0.368 e. The zero-order chi connectivity index (χ0) is 15.2. The maximum Gasteiger partial charge on any atom is 0.363 e. The Kier molecular flexibility index (Phi) is 5.04. The number of hydrogen-bond donors (Lipinski definition) is 2. The van der Waals surface area contributed by atoms with Crippen LogP contribution in [0.25, 0.3) is 0 Å². The molecule has 1 aliphatic heterocycles. The van der Waals surface area contributed by atoms with Crippen molar-refractivity contribution in [3.63, 3.8) is 0 Å². The van der Waals surface area contributed by atoms with E-state index in [4.69, 9.17) is 5.73 Å². The number of hydrogen-bond acceptors (Lipinski definition) is 6. The van der Waals surface area contributed by atoms with Gasteiger partial charge in [-0.1, -0.05) is 0 Å². The molecule has 1 aliphatic rings. The fourth-order valence-corrected chi connectivity index (χ4v) is 2.44. The molecule has 0 saturated carbocycles. The molecule has 1 amide bonds. The topological polar surface area (TPSA) is 114 Å². The first kappa shape index (κ1) is 15.2. The molecule has 0 aliphatic carbocycles. The number of anilines is 1. The lowest BCUT2D eigenvalue weighted by molar-refractivity contribution is -0.389. The van der Waals surface area contributed by atoms with Gasteiger partial charge in [-0.05, 0) is 28.8 Å². The van der Waals surface area contributed by atoms with Gasteiger partial charge >= 0.3 is 5.82 Å². The van der Waals surface area contributed by atoms with E-state index in [0.29, 0.717) is 19.6 Å². The second kappa shape index (κ2) is 6.98. The van der Waals surface area contributed by atoms with Gasteiger partial charge in [-0.15, -0.1) is 0 Å². The highest BCUT2D eigenvalue weighted by atomic mass is 16.6. The highest BCUT2D eigenvalue weighted by Gasteiger charge is 2.26. The summed E-state index contributed by atoms with van der Waals surface area (Å²) in [5.74, 6) is -0.242. The number of pyridine rings is 1. The lowest BCUT2D eigenvalue weighted by Crippen LogP contribution is -2.44. The maximum absolute atomic E-state index is 12.0. The van der Waals surface area contributed by atoms with Gasteiger partial charge in [0.1, 0.15) is 0 Å². The van der Waals surface area contributed by atoms with Crippen LogP contribution in [0.1, 0.15) is 12.8 Å². The summed E-state index contributed by atoms with van der Waals surface area (Å²) in [6, 6.07) is 3.05. The molecule has 0 bridgehead atoms. The Balaban J connectivity index is 2.00. The first-order valence-corrected chi connectivity index (χ1v) is 6.95. The molecule has 21 heavy (non-hydrogen) atoms. The number of amides is 1. The maximum atomic E-state index is 12.0. The molecule has 2 heterocycles. The molecule has 8 nitrogen and oxygen atoms in total. The Morgan fingerprint density at radius 2 is 2.38 bits per heavy atom. The van der Waals surface area contributed by atoms with Crippen LogP contribution in [0.15, 0.2) is 18.3 Å². The van der Waals surface area contributed by atoms with E-state index in [1.54, 1.807) is 6.07 Å². The minimum atomic E-state index is -0.525. The molecule has 2 rings (SSSR count). The molecular formula is C13H19N5O3. The number of nitrogens with one attached hydrogen (secondary N) is 1. The van der Waals surface area contributed by atoms with Crippen LogP contribution >= 0.6 is 0 Å². The number of carbonyl (C=O) groups is 1. The molecule has 1 aromatic heterocycles. The fraction of sp³-hybridized carbons (Fsp3) is 0.538. The van der Waals surface area contributed by atoms with Crippen molar-refractivity contribution in [1.29, 1.82) is 0 Å². The molecule has 1 fully saturated rings. The molecule has 0 spiro atoms. The minimum absolute atomic E-state index is 0.0139. The number of carbonyl (C=O) groups excluding carboxylic acids is 1. The third-order valence-corrected chi connectivity index (χ3v) is 3.52. The van der Waals surface area contributed by atoms with Crippen molar-refractivity contribution in [1.82, 2.24) is 10.3 Å². The van der Waals surface area contributed by atoms with Gasteiger partial charge < -0.3 is 26.1 Å². The van der Waals surface area contributed by atoms with Gasteiger partial charge in [-0.25, -0.2) is 0 Å². The van der Waals surface area contributed by atoms with Crippen LogP contribution in [-0.2, 0) is 4.79 Å². The average Bonchev–Trinajstić information content (AvgIpc) is 2.52. The summed E-state index contributed by atoms with van der Waals surface area (Å²) in [4.78, 5) is 27.9. The number of aromatic nitrogens is 1. The predicted octanol–water partition coefficient (Wildman–Crippen LogP) is 0.281. The molecule has 1 saturated heterocycles. The smallest absolute Gasteiger partial charge is 0.363 e. The van der Waals surface area contributed by atoms with Gasteiger partial charge in [0.05, 0.1) is 11.6 Å². The van der Waals surface area contributed by atoms with E-state index in [2.05, 4.69) is 10.3 Å². The van der Waals surface area contributed by atoms with Crippen LogP contribution in [0.4, 0.5) is 11.5 Å². The second-order valence-corrected chi connectivity index (χ2v) is 5.00. The zero-order valence-corrected chi connectivity index (χ0v) is 11.7. The van der Waals surface area contributed by atoms with Gasteiger partial charge in [-0.3, -0.25) is 4.79 Å². The first-order chi connectivity index (χ1) is 10.1. The van der Waals surface area contributed by atoms with E-state index < -0.39 is 4.92 Å². The molecule has 1 unspecified atom stereocenters. The van der Waals surface area contributed by atoms with Gasteiger partial charge in [-0.2, -0.15) is 0 Å². The lowest BCUT2D eigenvalue weighted by Gasteiger charge is -2.32. The van der Waals surface area contributed by atoms with Crippen molar-refractivity contribution in [2.75, 3.05) is 31.1 Å². The van der Waals surface area contributed by atoms with Gasteiger partial charge in [0.25, 0.3) is 0 Å². The van der Waals surface area contributed by atoms with Gasteiger partial charge in [0, 0.05) is 32.2 Å². The lowest BCUT2D eigenvalue weighted by atomic mass is 9.97. The van der Waals surface area contributed by atoms with Gasteiger partial charge in [0.15, 0.2) is 6.20 Å². The van der Waals surface area contributed by atoms with Crippen molar-refractivity contribution in [2.45, 2.75) is 12.8 Å². The van der Waals surface area contributed by atoms with E-state index in [0.717, 1.165) is 25.1 Å². The van der Waals surface area contributed by atoms with Crippen LogP contribution in [0, 0.1) is 16.0 Å². The number of rotatable bonds is 5. The number of nitrogens with two attached hydrogens (primary N) is 1. The van der Waals surface area contributed by atoms with Crippen LogP contribution in [0.5, 0.6) is 0 Å². The van der Waals surface area contributed by atoms with Crippen molar-refractivity contribution >= 4 is 17.4 Å². The number of nitro groups is 1. The van der Waals surface area contributed by atoms with Crippen LogP contribution in [0.2, 0.25) is 0 Å². The largest absolute Gasteiger partial charge is 0.368 e. The van der Waals surface area contributed by atoms with E-state index >= 15 is 0 Å². The molecule has 1 atom stereocenters. The molecule has 1 aromatic rings. The van der Waals surface area contributed by atoms with Gasteiger partial charge in [0.2, 0.25) is 5.91 Å². The summed E-state index contributed by atoms with van der Waals surface area (Å²) in [5, 5.41) is 13.4. The molecule has 0 radical (unpaired) electrons. The molecule has 8 heteroatoms. The van der Waals surface area contributed by atoms with E-state index in [1.165, 1.54) is 12.3 Å². The van der Waals surface area contributed by atoms with Crippen LogP contribution in [-0.4, -0.2) is 42.0 Å². The fourth-order valence-electron chi connectivity index (χ4n) is 2.44. The van der Waals surface area contributed by atoms with Crippen molar-refractivity contribution in [3.8, 4) is 0 Å². The monoisotopic (exact) mass is 293 g/mol. The predicted molar refractivity (Wildman–Crippen MR) is 77.9 cm³/mol. The van der Waals surface area contributed by atoms with Crippen molar-refractivity contribution in [3.05, 3.63) is 28.4 Å². The molecule has 3 N–H and O–H groups in total. The molecule has 114 valence electrons. The summed E-state index contributed by atoms with van der Waals surface area (Å²) < 4.78 is 0. The van der Waals surface area contributed by atoms with Crippen LogP contribution in [0.3, 0.4) is 0 Å². The Labute approximate surface area is 122 Å². The first-order valence-electron chi connectivity index (χ1n) is 6.95. The average molecular weight is 293 g/mol. The second-order valence-electron chi connectivity index (χ2n) is 5.00. The summed E-state index contributed by atoms with van der Waals surface area (Å²) >= 11 is 0. The Bertz CT molecular complexity index is 505. The van der Waals surface area contributed by atoms with E-state index in [1.807, 2.05) is 4.90 Å². The standard InChI is InChI=1S/C13H19N5O3/c14-5-6-15-13(19)10-2-1-7-17(9-10)11-3-4-12(16-8-11)18(20)21/h3-4,8,10H,1-2,5-7,9,14H2,(H,15,19). The molecular weight excluding hydrogens is 274 g/mol. The summed E-state index contributed by atoms with van der Waals surface area (Å²) in [6.45, 7) is 2.32. The summed E-state index contributed by atoms with van der Waals surface area (Å²) in [6.07, 6.45) is 3.23. The SMILES string of the molecule is NCCNC(=O)C1CCCN(c2ccc([N+](=O)[O-])nc2)C1. The van der Waals surface area contributed by atoms with Crippen molar-refractivity contribution < 1.29 is 9.72 Å². The summed E-state index contributed by atoms with van der Waals surface area (Å²) in [7, 11) is 0. The summed E-state index contributed by atoms with van der Waals surface area (Å²) in [5.41, 5.74) is 6.18. The number of nitrogens with zero attached hydrogens (tertiary/aromatic N) is 3.